The van der Waals surface area contributed by atoms with Gasteiger partial charge in [0.15, 0.2) is 0 Å². The van der Waals surface area contributed by atoms with Crippen molar-refractivity contribution in [2.24, 2.45) is 0 Å². The van der Waals surface area contributed by atoms with Gasteiger partial charge < -0.3 is 0 Å². The van der Waals surface area contributed by atoms with E-state index in [1.807, 2.05) is 6.07 Å². The summed E-state index contributed by atoms with van der Waals surface area (Å²) < 4.78 is 0. The molecule has 0 fully saturated rings. The highest BCUT2D eigenvalue weighted by Crippen LogP contribution is 2.26. The van der Waals surface area contributed by atoms with E-state index < -0.39 is 22.6 Å². The van der Waals surface area contributed by atoms with Gasteiger partial charge in [0.2, 0.25) is 0 Å². The number of hydrogen-bond donors (Lipinski definition) is 0. The number of nitro benzene ring substituents is 1. The van der Waals surface area contributed by atoms with E-state index >= 15 is 0 Å². The molecule has 0 N–H and O–H groups in total. The maximum atomic E-state index is 13.3. The molecule has 0 spiro atoms. The van der Waals surface area contributed by atoms with E-state index in [0.29, 0.717) is 5.56 Å². The normalized spacial score (nSPS) is 12.6. The fourth-order valence-corrected chi connectivity index (χ4v) is 3.26. The summed E-state index contributed by atoms with van der Waals surface area (Å²) in [5.74, 6) is -1.81. The van der Waals surface area contributed by atoms with E-state index in [1.165, 1.54) is 36.4 Å². The van der Waals surface area contributed by atoms with Gasteiger partial charge in [0.1, 0.15) is 0 Å². The SMILES string of the molecule is O=C(c1ccc([N+](=O)[O-])cc1)N(Cc1ccccc1)N1C(=O)c2ccccc2C1=O. The Kier molecular flexibility index (Phi) is 4.81. The average molecular weight is 401 g/mol. The summed E-state index contributed by atoms with van der Waals surface area (Å²) >= 11 is 0. The molecule has 30 heavy (non-hydrogen) atoms. The number of carbonyl (C=O) groups excluding carboxylic acids is 3. The van der Waals surface area contributed by atoms with Crippen molar-refractivity contribution < 1.29 is 19.3 Å². The topological polar surface area (TPSA) is 101 Å². The zero-order chi connectivity index (χ0) is 21.3. The molecule has 3 aromatic carbocycles. The van der Waals surface area contributed by atoms with Gasteiger partial charge in [0, 0.05) is 17.7 Å². The highest BCUT2D eigenvalue weighted by molar-refractivity contribution is 6.22. The number of fused-ring (bicyclic) bond motifs is 1. The Morgan fingerprint density at radius 3 is 1.90 bits per heavy atom. The Morgan fingerprint density at radius 1 is 0.833 bits per heavy atom. The van der Waals surface area contributed by atoms with Gasteiger partial charge in [-0.15, -0.1) is 0 Å². The number of nitro groups is 1. The maximum absolute atomic E-state index is 13.3. The Labute approximate surface area is 171 Å². The standard InChI is InChI=1S/C22H15N3O5/c26-20(16-10-12-17(13-11-16)25(29)30)23(14-15-6-2-1-3-7-15)24-21(27)18-8-4-5-9-19(18)22(24)28/h1-13H,14H2. The quantitative estimate of drug-likeness (QED) is 0.370. The van der Waals surface area contributed by atoms with Gasteiger partial charge in [-0.1, -0.05) is 42.5 Å². The molecule has 0 aliphatic carbocycles. The Balaban J connectivity index is 1.73. The van der Waals surface area contributed by atoms with Crippen LogP contribution in [0.25, 0.3) is 0 Å². The molecule has 8 nitrogen and oxygen atoms in total. The van der Waals surface area contributed by atoms with Crippen LogP contribution in [0.3, 0.4) is 0 Å². The monoisotopic (exact) mass is 401 g/mol. The van der Waals surface area contributed by atoms with Crippen LogP contribution < -0.4 is 0 Å². The van der Waals surface area contributed by atoms with Crippen LogP contribution in [0.15, 0.2) is 78.9 Å². The lowest BCUT2D eigenvalue weighted by molar-refractivity contribution is -0.384. The minimum absolute atomic E-state index is 0.0257. The first-order valence-corrected chi connectivity index (χ1v) is 9.05. The predicted octanol–water partition coefficient (Wildman–Crippen LogP) is 3.45. The second kappa shape index (κ2) is 7.59. The average Bonchev–Trinajstić information content (AvgIpc) is 3.03. The lowest BCUT2D eigenvalue weighted by Crippen LogP contribution is -2.49. The van der Waals surface area contributed by atoms with Crippen LogP contribution in [0.5, 0.6) is 0 Å². The summed E-state index contributed by atoms with van der Waals surface area (Å²) in [5, 5.41) is 12.8. The summed E-state index contributed by atoms with van der Waals surface area (Å²) in [6, 6.07) is 20.3. The first-order valence-electron chi connectivity index (χ1n) is 9.05. The van der Waals surface area contributed by atoms with Crippen molar-refractivity contribution in [1.29, 1.82) is 0 Å². The molecule has 0 unspecified atom stereocenters. The zero-order valence-electron chi connectivity index (χ0n) is 15.6. The molecule has 0 bridgehead atoms. The number of benzene rings is 3. The lowest BCUT2D eigenvalue weighted by atomic mass is 10.1. The van der Waals surface area contributed by atoms with Gasteiger partial charge in [-0.25, -0.2) is 5.01 Å². The summed E-state index contributed by atoms with van der Waals surface area (Å²) in [6.07, 6.45) is 0. The molecule has 0 saturated carbocycles. The van der Waals surface area contributed by atoms with E-state index in [4.69, 9.17) is 0 Å². The van der Waals surface area contributed by atoms with Crippen LogP contribution >= 0.6 is 0 Å². The molecule has 148 valence electrons. The molecular formula is C22H15N3O5. The fourth-order valence-electron chi connectivity index (χ4n) is 3.26. The molecule has 0 saturated heterocycles. The van der Waals surface area contributed by atoms with Gasteiger partial charge in [-0.05, 0) is 29.8 Å². The molecule has 3 amide bonds. The summed E-state index contributed by atoms with van der Waals surface area (Å²) in [6.45, 7) is -0.0257. The van der Waals surface area contributed by atoms with E-state index in [9.17, 15) is 24.5 Å². The van der Waals surface area contributed by atoms with E-state index in [2.05, 4.69) is 0 Å². The first-order chi connectivity index (χ1) is 14.5. The highest BCUT2D eigenvalue weighted by Gasteiger charge is 2.41. The largest absolute Gasteiger partial charge is 0.280 e. The van der Waals surface area contributed by atoms with Gasteiger partial charge >= 0.3 is 0 Å². The molecule has 1 aliphatic rings. The first kappa shape index (κ1) is 19.0. The zero-order valence-corrected chi connectivity index (χ0v) is 15.6. The Hall–Kier alpha value is -4.33. The summed E-state index contributed by atoms with van der Waals surface area (Å²) in [4.78, 5) is 49.5. The minimum Gasteiger partial charge on any atom is -0.267 e. The second-order valence-corrected chi connectivity index (χ2v) is 6.62. The van der Waals surface area contributed by atoms with Crippen molar-refractivity contribution in [2.75, 3.05) is 0 Å². The second-order valence-electron chi connectivity index (χ2n) is 6.62. The molecule has 0 atom stereocenters. The van der Waals surface area contributed by atoms with Crippen molar-refractivity contribution in [1.82, 2.24) is 10.0 Å². The van der Waals surface area contributed by atoms with Gasteiger partial charge in [-0.2, -0.15) is 5.01 Å². The molecule has 0 radical (unpaired) electrons. The number of imide groups is 1. The van der Waals surface area contributed by atoms with Crippen molar-refractivity contribution in [2.45, 2.75) is 6.54 Å². The Bertz CT molecular complexity index is 1120. The minimum atomic E-state index is -0.622. The van der Waals surface area contributed by atoms with Gasteiger partial charge in [0.05, 0.1) is 22.6 Å². The Morgan fingerprint density at radius 2 is 1.37 bits per heavy atom. The molecular weight excluding hydrogens is 386 g/mol. The van der Waals surface area contributed by atoms with E-state index in [0.717, 1.165) is 10.0 Å². The van der Waals surface area contributed by atoms with Crippen LogP contribution in [0.2, 0.25) is 0 Å². The molecule has 1 heterocycles. The molecule has 8 heteroatoms. The number of carbonyl (C=O) groups is 3. The third-order valence-electron chi connectivity index (χ3n) is 4.75. The van der Waals surface area contributed by atoms with Crippen LogP contribution in [0.4, 0.5) is 5.69 Å². The fraction of sp³-hybridized carbons (Fsp3) is 0.0455. The van der Waals surface area contributed by atoms with E-state index in [1.54, 1.807) is 36.4 Å². The molecule has 0 aromatic heterocycles. The van der Waals surface area contributed by atoms with Gasteiger partial charge in [0.25, 0.3) is 23.4 Å². The number of non-ortho nitro benzene ring substituents is 1. The van der Waals surface area contributed by atoms with Crippen molar-refractivity contribution in [3.63, 3.8) is 0 Å². The number of hydrazine groups is 1. The van der Waals surface area contributed by atoms with Crippen molar-refractivity contribution in [3.8, 4) is 0 Å². The number of hydrogen-bond acceptors (Lipinski definition) is 5. The van der Waals surface area contributed by atoms with Crippen LogP contribution in [0, 0.1) is 10.1 Å². The third kappa shape index (κ3) is 3.30. The number of nitrogens with zero attached hydrogens (tertiary/aromatic N) is 3. The smallest absolute Gasteiger partial charge is 0.267 e. The molecule has 4 rings (SSSR count). The molecule has 1 aliphatic heterocycles. The summed E-state index contributed by atoms with van der Waals surface area (Å²) in [7, 11) is 0. The predicted molar refractivity (Wildman–Crippen MR) is 106 cm³/mol. The molecule has 3 aromatic rings. The van der Waals surface area contributed by atoms with Crippen LogP contribution in [0.1, 0.15) is 36.6 Å². The lowest BCUT2D eigenvalue weighted by Gasteiger charge is -2.30. The van der Waals surface area contributed by atoms with Crippen molar-refractivity contribution in [3.05, 3.63) is 111 Å². The maximum Gasteiger partial charge on any atom is 0.280 e. The summed E-state index contributed by atoms with van der Waals surface area (Å²) in [5.41, 5.74) is 1.11. The van der Waals surface area contributed by atoms with Gasteiger partial charge in [-0.3, -0.25) is 24.5 Å². The van der Waals surface area contributed by atoms with E-state index in [-0.39, 0.29) is 28.9 Å². The van der Waals surface area contributed by atoms with Crippen molar-refractivity contribution >= 4 is 23.4 Å². The van der Waals surface area contributed by atoms with Crippen LogP contribution in [-0.2, 0) is 6.54 Å². The third-order valence-corrected chi connectivity index (χ3v) is 4.75. The number of rotatable bonds is 5. The highest BCUT2D eigenvalue weighted by atomic mass is 16.6. The number of amides is 3. The van der Waals surface area contributed by atoms with Crippen LogP contribution in [-0.4, -0.2) is 32.7 Å².